The third-order valence-electron chi connectivity index (χ3n) is 3.72. The van der Waals surface area contributed by atoms with Crippen molar-refractivity contribution in [1.82, 2.24) is 10.3 Å². The normalized spacial score (nSPS) is 12.6. The van der Waals surface area contributed by atoms with E-state index in [1.807, 2.05) is 23.7 Å². The number of fused-ring (bicyclic) bond motifs is 1. The number of aromatic nitrogens is 1. The second-order valence-electron chi connectivity index (χ2n) is 5.29. The van der Waals surface area contributed by atoms with Gasteiger partial charge in [0.15, 0.2) is 0 Å². The van der Waals surface area contributed by atoms with Crippen molar-refractivity contribution in [3.8, 4) is 0 Å². The molecule has 0 saturated heterocycles. The molecule has 1 atom stereocenters. The van der Waals surface area contributed by atoms with E-state index in [-0.39, 0.29) is 0 Å². The summed E-state index contributed by atoms with van der Waals surface area (Å²) < 4.78 is 0. The van der Waals surface area contributed by atoms with Crippen molar-refractivity contribution in [2.24, 2.45) is 0 Å². The molecule has 0 aliphatic carbocycles. The van der Waals surface area contributed by atoms with Crippen LogP contribution < -0.4 is 5.32 Å². The Hall–Kier alpha value is -1.71. The minimum Gasteiger partial charge on any atom is -0.305 e. The average Bonchev–Trinajstić information content (AvgIpc) is 3.05. The Bertz CT molecular complexity index is 691. The summed E-state index contributed by atoms with van der Waals surface area (Å²) in [4.78, 5) is 5.59. The molecular formula is C18H20N2S. The van der Waals surface area contributed by atoms with Gasteiger partial charge >= 0.3 is 0 Å². The minimum absolute atomic E-state index is 0.461. The average molecular weight is 296 g/mol. The highest BCUT2D eigenvalue weighted by Gasteiger charge is 2.10. The van der Waals surface area contributed by atoms with Gasteiger partial charge in [-0.05, 0) is 40.9 Å². The highest BCUT2D eigenvalue weighted by molar-refractivity contribution is 7.10. The molecule has 0 bridgehead atoms. The van der Waals surface area contributed by atoms with Crippen LogP contribution in [0.25, 0.3) is 10.8 Å². The number of nitrogens with zero attached hydrogens (tertiary/aromatic N) is 1. The molecule has 0 fully saturated rings. The van der Waals surface area contributed by atoms with E-state index in [9.17, 15) is 0 Å². The van der Waals surface area contributed by atoms with Crippen LogP contribution in [0.2, 0.25) is 0 Å². The first-order valence-corrected chi connectivity index (χ1v) is 8.34. The van der Waals surface area contributed by atoms with Gasteiger partial charge in [-0.1, -0.05) is 31.5 Å². The standard InChI is InChI=1S/C18H20N2S/c1-2-4-17(18-5-3-10-21-18)20-12-14-6-7-16-13-19-9-8-15(16)11-14/h3,5-11,13,17,20H,2,4,12H2,1H3. The van der Waals surface area contributed by atoms with E-state index >= 15 is 0 Å². The van der Waals surface area contributed by atoms with Gasteiger partial charge in [-0.2, -0.15) is 0 Å². The van der Waals surface area contributed by atoms with Gasteiger partial charge in [0.2, 0.25) is 0 Å². The van der Waals surface area contributed by atoms with Crippen molar-refractivity contribution in [2.75, 3.05) is 0 Å². The van der Waals surface area contributed by atoms with Gasteiger partial charge in [-0.15, -0.1) is 11.3 Å². The van der Waals surface area contributed by atoms with Crippen LogP contribution in [0.15, 0.2) is 54.2 Å². The summed E-state index contributed by atoms with van der Waals surface area (Å²) in [6, 6.07) is 13.5. The molecule has 1 N–H and O–H groups in total. The van der Waals surface area contributed by atoms with E-state index in [0.29, 0.717) is 6.04 Å². The third kappa shape index (κ3) is 3.49. The molecule has 0 spiro atoms. The summed E-state index contributed by atoms with van der Waals surface area (Å²) in [5, 5.41) is 8.31. The topological polar surface area (TPSA) is 24.9 Å². The molecule has 2 heterocycles. The predicted octanol–water partition coefficient (Wildman–Crippen LogP) is 4.93. The van der Waals surface area contributed by atoms with Crippen molar-refractivity contribution in [2.45, 2.75) is 32.4 Å². The minimum atomic E-state index is 0.461. The van der Waals surface area contributed by atoms with Crippen LogP contribution in [0.4, 0.5) is 0 Å². The summed E-state index contributed by atoms with van der Waals surface area (Å²) in [5.41, 5.74) is 1.33. The molecule has 2 nitrogen and oxygen atoms in total. The molecule has 1 aromatic carbocycles. The first-order chi connectivity index (χ1) is 10.4. The molecule has 3 aromatic rings. The van der Waals surface area contributed by atoms with Gasteiger partial charge in [0.25, 0.3) is 0 Å². The number of rotatable bonds is 6. The quantitative estimate of drug-likeness (QED) is 0.698. The molecule has 3 heteroatoms. The van der Waals surface area contributed by atoms with E-state index in [1.165, 1.54) is 34.1 Å². The van der Waals surface area contributed by atoms with Crippen LogP contribution in [0, 0.1) is 0 Å². The van der Waals surface area contributed by atoms with Crippen molar-refractivity contribution < 1.29 is 0 Å². The van der Waals surface area contributed by atoms with Gasteiger partial charge in [-0.3, -0.25) is 4.98 Å². The Morgan fingerprint density at radius 3 is 2.95 bits per heavy atom. The molecule has 3 rings (SSSR count). The number of thiophene rings is 1. The van der Waals surface area contributed by atoms with Crippen LogP contribution in [0.5, 0.6) is 0 Å². The summed E-state index contributed by atoms with van der Waals surface area (Å²) in [7, 11) is 0. The highest BCUT2D eigenvalue weighted by Crippen LogP contribution is 2.24. The molecule has 0 aliphatic rings. The zero-order valence-electron chi connectivity index (χ0n) is 12.3. The van der Waals surface area contributed by atoms with E-state index in [1.54, 1.807) is 0 Å². The van der Waals surface area contributed by atoms with Crippen LogP contribution in [-0.2, 0) is 6.54 Å². The van der Waals surface area contributed by atoms with Crippen LogP contribution in [-0.4, -0.2) is 4.98 Å². The summed E-state index contributed by atoms with van der Waals surface area (Å²) in [6.07, 6.45) is 6.14. The van der Waals surface area contributed by atoms with E-state index in [2.05, 4.69) is 59.0 Å². The molecule has 21 heavy (non-hydrogen) atoms. The largest absolute Gasteiger partial charge is 0.305 e. The van der Waals surface area contributed by atoms with Crippen molar-refractivity contribution in [3.05, 3.63) is 64.6 Å². The molecular weight excluding hydrogens is 276 g/mol. The molecule has 0 saturated carbocycles. The Labute approximate surface area is 129 Å². The molecule has 0 amide bonds. The van der Waals surface area contributed by atoms with Crippen LogP contribution in [0.1, 0.15) is 36.2 Å². The molecule has 1 unspecified atom stereocenters. The lowest BCUT2D eigenvalue weighted by molar-refractivity contribution is 0.500. The SMILES string of the molecule is CCCC(NCc1ccc2cnccc2c1)c1cccs1. The van der Waals surface area contributed by atoms with Crippen molar-refractivity contribution in [1.29, 1.82) is 0 Å². The molecule has 2 aromatic heterocycles. The van der Waals surface area contributed by atoms with Gasteiger partial charge < -0.3 is 5.32 Å². The van der Waals surface area contributed by atoms with Crippen molar-refractivity contribution >= 4 is 22.1 Å². The monoisotopic (exact) mass is 296 g/mol. The first-order valence-electron chi connectivity index (χ1n) is 7.46. The maximum absolute atomic E-state index is 4.16. The Kier molecular flexibility index (Phi) is 4.63. The lowest BCUT2D eigenvalue weighted by atomic mass is 10.1. The smallest absolute Gasteiger partial charge is 0.0417 e. The van der Waals surface area contributed by atoms with E-state index < -0.39 is 0 Å². The molecule has 108 valence electrons. The Balaban J connectivity index is 1.72. The fraction of sp³-hybridized carbons (Fsp3) is 0.278. The highest BCUT2D eigenvalue weighted by atomic mass is 32.1. The maximum Gasteiger partial charge on any atom is 0.0417 e. The summed E-state index contributed by atoms with van der Waals surface area (Å²) in [5.74, 6) is 0. The zero-order valence-corrected chi connectivity index (χ0v) is 13.1. The maximum atomic E-state index is 4.16. The fourth-order valence-electron chi connectivity index (χ4n) is 2.61. The zero-order chi connectivity index (χ0) is 14.5. The first kappa shape index (κ1) is 14.2. The predicted molar refractivity (Wildman–Crippen MR) is 90.6 cm³/mol. The van der Waals surface area contributed by atoms with Crippen LogP contribution >= 0.6 is 11.3 Å². The van der Waals surface area contributed by atoms with Crippen molar-refractivity contribution in [3.63, 3.8) is 0 Å². The Morgan fingerprint density at radius 2 is 2.14 bits per heavy atom. The second kappa shape index (κ2) is 6.83. The Morgan fingerprint density at radius 1 is 1.19 bits per heavy atom. The number of nitrogens with one attached hydrogen (secondary N) is 1. The van der Waals surface area contributed by atoms with Gasteiger partial charge in [0.1, 0.15) is 0 Å². The lowest BCUT2D eigenvalue weighted by Gasteiger charge is -2.17. The number of benzene rings is 1. The van der Waals surface area contributed by atoms with E-state index in [4.69, 9.17) is 0 Å². The molecule has 0 aliphatic heterocycles. The second-order valence-corrected chi connectivity index (χ2v) is 6.27. The van der Waals surface area contributed by atoms with Gasteiger partial charge in [0, 0.05) is 35.2 Å². The summed E-state index contributed by atoms with van der Waals surface area (Å²) in [6.45, 7) is 3.14. The van der Waals surface area contributed by atoms with Crippen LogP contribution in [0.3, 0.4) is 0 Å². The van der Waals surface area contributed by atoms with E-state index in [0.717, 1.165) is 6.54 Å². The molecule has 0 radical (unpaired) electrons. The van der Waals surface area contributed by atoms with Gasteiger partial charge in [-0.25, -0.2) is 0 Å². The third-order valence-corrected chi connectivity index (χ3v) is 4.71. The number of hydrogen-bond acceptors (Lipinski definition) is 3. The summed E-state index contributed by atoms with van der Waals surface area (Å²) >= 11 is 1.84. The fourth-order valence-corrected chi connectivity index (χ4v) is 3.44. The van der Waals surface area contributed by atoms with Gasteiger partial charge in [0.05, 0.1) is 0 Å². The lowest BCUT2D eigenvalue weighted by Crippen LogP contribution is -2.19. The number of pyridine rings is 1. The number of hydrogen-bond donors (Lipinski definition) is 1.